The molecule has 2 aliphatic heterocycles. The Morgan fingerprint density at radius 2 is 1.81 bits per heavy atom. The number of amides is 3. The number of hydrazone groups is 1. The first-order valence-electron chi connectivity index (χ1n) is 9.83. The summed E-state index contributed by atoms with van der Waals surface area (Å²) < 4.78 is 27.3. The van der Waals surface area contributed by atoms with E-state index >= 15 is 0 Å². The first kappa shape index (κ1) is 20.6. The number of urea groups is 1. The Kier molecular flexibility index (Phi) is 5.74. The number of aromatic nitrogens is 2. The molecule has 1 unspecified atom stereocenters. The molecule has 31 heavy (non-hydrogen) atoms. The third kappa shape index (κ3) is 4.60. The minimum Gasteiger partial charge on any atom is -0.337 e. The molecule has 1 atom stereocenters. The number of carbonyl (C=O) groups is 2. The molecule has 4 rings (SSSR count). The van der Waals surface area contributed by atoms with Gasteiger partial charge in [-0.2, -0.15) is 10.1 Å². The van der Waals surface area contributed by atoms with Crippen molar-refractivity contribution in [3.63, 3.8) is 0 Å². The largest absolute Gasteiger partial charge is 0.341 e. The van der Waals surface area contributed by atoms with Gasteiger partial charge in [0.25, 0.3) is 0 Å². The standard InChI is InChI=1S/C20H21F2N7O2/c1-13(30)25-18-3-4-23-19(26-18)27-6-8-28(9-7-27)20(31)29-17(2-5-24-29)14-10-15(21)12-16(22)11-14/h3-5,10-12,17H,2,6-9H2,1H3,(H,23,25,26,30). The highest BCUT2D eigenvalue weighted by atomic mass is 19.1. The number of halogens is 2. The van der Waals surface area contributed by atoms with Crippen molar-refractivity contribution >= 4 is 29.9 Å². The summed E-state index contributed by atoms with van der Waals surface area (Å²) in [6.45, 7) is 3.20. The monoisotopic (exact) mass is 429 g/mol. The fourth-order valence-electron chi connectivity index (χ4n) is 3.64. The van der Waals surface area contributed by atoms with Crippen molar-refractivity contribution in [3.8, 4) is 0 Å². The summed E-state index contributed by atoms with van der Waals surface area (Å²) >= 11 is 0. The molecule has 9 nitrogen and oxygen atoms in total. The fraction of sp³-hybridized carbons (Fsp3) is 0.350. The van der Waals surface area contributed by atoms with Crippen molar-refractivity contribution in [2.45, 2.75) is 19.4 Å². The quantitative estimate of drug-likeness (QED) is 0.809. The van der Waals surface area contributed by atoms with Crippen molar-refractivity contribution < 1.29 is 18.4 Å². The molecular formula is C20H21F2N7O2. The van der Waals surface area contributed by atoms with Crippen molar-refractivity contribution in [2.24, 2.45) is 5.10 Å². The van der Waals surface area contributed by atoms with Gasteiger partial charge in [0.2, 0.25) is 11.9 Å². The zero-order valence-electron chi connectivity index (χ0n) is 16.8. The molecule has 1 aromatic heterocycles. The second-order valence-electron chi connectivity index (χ2n) is 7.28. The number of nitrogens with one attached hydrogen (secondary N) is 1. The van der Waals surface area contributed by atoms with Crippen molar-refractivity contribution in [1.29, 1.82) is 0 Å². The molecule has 0 aliphatic carbocycles. The van der Waals surface area contributed by atoms with Crippen LogP contribution in [-0.2, 0) is 4.79 Å². The topological polar surface area (TPSA) is 94.0 Å². The van der Waals surface area contributed by atoms with Crippen LogP contribution in [0.15, 0.2) is 35.6 Å². The van der Waals surface area contributed by atoms with Crippen LogP contribution in [0, 0.1) is 11.6 Å². The lowest BCUT2D eigenvalue weighted by Crippen LogP contribution is -2.52. The second kappa shape index (κ2) is 8.62. The SMILES string of the molecule is CC(=O)Nc1ccnc(N2CCN(C(=O)N3N=CCC3c3cc(F)cc(F)c3)CC2)n1. The molecule has 3 amide bonds. The smallest absolute Gasteiger partial charge is 0.337 e. The third-order valence-electron chi connectivity index (χ3n) is 5.08. The average molecular weight is 429 g/mol. The molecule has 2 aromatic rings. The Hall–Kier alpha value is -3.63. The van der Waals surface area contributed by atoms with Gasteiger partial charge >= 0.3 is 6.03 Å². The van der Waals surface area contributed by atoms with Crippen LogP contribution in [0.5, 0.6) is 0 Å². The Balaban J connectivity index is 1.41. The van der Waals surface area contributed by atoms with Gasteiger partial charge in [-0.3, -0.25) is 4.79 Å². The van der Waals surface area contributed by atoms with Crippen molar-refractivity contribution in [3.05, 3.63) is 47.7 Å². The molecule has 0 saturated carbocycles. The molecule has 162 valence electrons. The highest BCUT2D eigenvalue weighted by Gasteiger charge is 2.33. The molecule has 1 fully saturated rings. The highest BCUT2D eigenvalue weighted by molar-refractivity contribution is 5.87. The van der Waals surface area contributed by atoms with Crippen LogP contribution in [0.2, 0.25) is 0 Å². The second-order valence-corrected chi connectivity index (χ2v) is 7.28. The summed E-state index contributed by atoms with van der Waals surface area (Å²) in [7, 11) is 0. The first-order valence-corrected chi connectivity index (χ1v) is 9.83. The van der Waals surface area contributed by atoms with E-state index in [0.717, 1.165) is 6.07 Å². The average Bonchev–Trinajstić information content (AvgIpc) is 3.22. The summed E-state index contributed by atoms with van der Waals surface area (Å²) in [5, 5.41) is 8.03. The van der Waals surface area contributed by atoms with Crippen LogP contribution in [0.4, 0.5) is 25.3 Å². The summed E-state index contributed by atoms with van der Waals surface area (Å²) in [5.41, 5.74) is 0.366. The Labute approximate surface area is 177 Å². The van der Waals surface area contributed by atoms with E-state index in [9.17, 15) is 18.4 Å². The van der Waals surface area contributed by atoms with Gasteiger partial charge in [-0.05, 0) is 23.8 Å². The molecule has 0 radical (unpaired) electrons. The van der Waals surface area contributed by atoms with Gasteiger partial charge in [-0.1, -0.05) is 0 Å². The molecule has 1 N–H and O–H groups in total. The highest BCUT2D eigenvalue weighted by Crippen LogP contribution is 2.30. The van der Waals surface area contributed by atoms with Crippen LogP contribution in [0.25, 0.3) is 0 Å². The Bertz CT molecular complexity index is 1000. The minimum atomic E-state index is -0.690. The van der Waals surface area contributed by atoms with E-state index in [0.29, 0.717) is 49.9 Å². The lowest BCUT2D eigenvalue weighted by atomic mass is 10.0. The maximum absolute atomic E-state index is 13.6. The van der Waals surface area contributed by atoms with Crippen LogP contribution < -0.4 is 10.2 Å². The van der Waals surface area contributed by atoms with Gasteiger partial charge in [0.1, 0.15) is 17.5 Å². The molecular weight excluding hydrogens is 408 g/mol. The van der Waals surface area contributed by atoms with Crippen molar-refractivity contribution in [2.75, 3.05) is 36.4 Å². The number of carbonyl (C=O) groups excluding carboxylic acids is 2. The van der Waals surface area contributed by atoms with Gasteiger partial charge in [-0.15, -0.1) is 0 Å². The van der Waals surface area contributed by atoms with Gasteiger partial charge in [-0.25, -0.2) is 23.6 Å². The number of hydrogen-bond acceptors (Lipinski definition) is 6. The summed E-state index contributed by atoms with van der Waals surface area (Å²) in [5.74, 6) is -0.731. The molecule has 2 aliphatic rings. The van der Waals surface area contributed by atoms with E-state index in [1.807, 2.05) is 4.90 Å². The lowest BCUT2D eigenvalue weighted by molar-refractivity contribution is -0.114. The minimum absolute atomic E-state index is 0.223. The maximum atomic E-state index is 13.6. The number of rotatable bonds is 3. The first-order chi connectivity index (χ1) is 14.9. The normalized spacial score (nSPS) is 18.4. The van der Waals surface area contributed by atoms with Gasteiger partial charge in [0.15, 0.2) is 0 Å². The predicted octanol–water partition coefficient (Wildman–Crippen LogP) is 2.39. The molecule has 11 heteroatoms. The van der Waals surface area contributed by atoms with Crippen LogP contribution in [0.1, 0.15) is 24.9 Å². The third-order valence-corrected chi connectivity index (χ3v) is 5.08. The Morgan fingerprint density at radius 3 is 2.48 bits per heavy atom. The fourth-order valence-corrected chi connectivity index (χ4v) is 3.64. The van der Waals surface area contributed by atoms with E-state index in [-0.39, 0.29) is 11.9 Å². The molecule has 0 spiro atoms. The van der Waals surface area contributed by atoms with E-state index < -0.39 is 17.7 Å². The zero-order chi connectivity index (χ0) is 22.0. The van der Waals surface area contributed by atoms with E-state index in [1.54, 1.807) is 23.4 Å². The predicted molar refractivity (Wildman–Crippen MR) is 110 cm³/mol. The molecule has 1 saturated heterocycles. The lowest BCUT2D eigenvalue weighted by Gasteiger charge is -2.37. The molecule has 1 aromatic carbocycles. The van der Waals surface area contributed by atoms with Gasteiger partial charge < -0.3 is 15.1 Å². The van der Waals surface area contributed by atoms with E-state index in [2.05, 4.69) is 20.4 Å². The number of benzene rings is 1. The van der Waals surface area contributed by atoms with Crippen LogP contribution in [0.3, 0.4) is 0 Å². The molecule has 3 heterocycles. The maximum Gasteiger partial charge on any atom is 0.341 e. The number of hydrogen-bond donors (Lipinski definition) is 1. The number of piperazine rings is 1. The van der Waals surface area contributed by atoms with E-state index in [4.69, 9.17) is 0 Å². The number of anilines is 2. The number of nitrogens with zero attached hydrogens (tertiary/aromatic N) is 6. The summed E-state index contributed by atoms with van der Waals surface area (Å²) in [6.07, 6.45) is 3.52. The Morgan fingerprint density at radius 1 is 1.10 bits per heavy atom. The van der Waals surface area contributed by atoms with Crippen LogP contribution >= 0.6 is 0 Å². The summed E-state index contributed by atoms with van der Waals surface area (Å²) in [4.78, 5) is 36.4. The van der Waals surface area contributed by atoms with E-state index in [1.165, 1.54) is 24.1 Å². The molecule has 0 bridgehead atoms. The zero-order valence-corrected chi connectivity index (χ0v) is 16.8. The van der Waals surface area contributed by atoms with Crippen molar-refractivity contribution in [1.82, 2.24) is 19.9 Å². The van der Waals surface area contributed by atoms with Crippen LogP contribution in [-0.4, -0.2) is 64.2 Å². The van der Waals surface area contributed by atoms with Gasteiger partial charge in [0.05, 0.1) is 6.04 Å². The summed E-state index contributed by atoms with van der Waals surface area (Å²) in [6, 6.07) is 3.98. The van der Waals surface area contributed by atoms with Gasteiger partial charge in [0, 0.05) is 58.0 Å².